The first kappa shape index (κ1) is 17.0. The Hall–Kier alpha value is -0.0800. The topological polar surface area (TPSA) is 35.2 Å². The third-order valence-electron chi connectivity index (χ3n) is 11.0. The molecule has 5 aliphatic rings. The Balaban J connectivity index is 1.49. The van der Waals surface area contributed by atoms with Gasteiger partial charge in [0.15, 0.2) is 0 Å². The fraction of sp³-hybridized carbons (Fsp3) is 1.00. The third-order valence-corrected chi connectivity index (χ3v) is 11.0. The SMILES string of the molecule is COC1C[C@H]2[C@@H]3CC[C@H]([C@H](C)CN)[C@@]3(C)CC[C@@H]2[C@@]2(C)CC[C@@H]3CC132. The van der Waals surface area contributed by atoms with E-state index in [1.807, 2.05) is 7.11 Å². The molecule has 1 spiro atoms. The van der Waals surface area contributed by atoms with Crippen molar-refractivity contribution in [3.05, 3.63) is 0 Å². The second-order valence-electron chi connectivity index (χ2n) is 11.2. The van der Waals surface area contributed by atoms with E-state index in [-0.39, 0.29) is 0 Å². The summed E-state index contributed by atoms with van der Waals surface area (Å²) in [5, 5.41) is 0. The summed E-state index contributed by atoms with van der Waals surface area (Å²) >= 11 is 0. The van der Waals surface area contributed by atoms with Crippen LogP contribution in [0.15, 0.2) is 0 Å². The van der Waals surface area contributed by atoms with E-state index >= 15 is 0 Å². The average molecular weight is 346 g/mol. The highest BCUT2D eigenvalue weighted by molar-refractivity contribution is 5.26. The first-order valence-electron chi connectivity index (χ1n) is 11.1. The first-order valence-corrected chi connectivity index (χ1v) is 11.1. The Labute approximate surface area is 154 Å². The zero-order chi connectivity index (χ0) is 17.6. The molecule has 0 bridgehead atoms. The molecule has 5 aliphatic carbocycles. The summed E-state index contributed by atoms with van der Waals surface area (Å²) in [6.45, 7) is 8.59. The van der Waals surface area contributed by atoms with Gasteiger partial charge < -0.3 is 10.5 Å². The summed E-state index contributed by atoms with van der Waals surface area (Å²) in [6.07, 6.45) is 12.1. The minimum absolute atomic E-state index is 0.541. The summed E-state index contributed by atoms with van der Waals surface area (Å²) < 4.78 is 6.22. The van der Waals surface area contributed by atoms with Crippen LogP contribution in [-0.2, 0) is 4.74 Å². The van der Waals surface area contributed by atoms with Crippen molar-refractivity contribution >= 4 is 0 Å². The Morgan fingerprint density at radius 1 is 1.08 bits per heavy atom. The molecular formula is C23H39NO. The van der Waals surface area contributed by atoms with Crippen molar-refractivity contribution in [2.75, 3.05) is 13.7 Å². The van der Waals surface area contributed by atoms with Gasteiger partial charge in [-0.15, -0.1) is 0 Å². The molecule has 0 saturated heterocycles. The van der Waals surface area contributed by atoms with Crippen molar-refractivity contribution in [1.29, 1.82) is 0 Å². The summed E-state index contributed by atoms with van der Waals surface area (Å²) in [5.41, 5.74) is 7.78. The molecule has 2 heteroatoms. The quantitative estimate of drug-likeness (QED) is 0.792. The molecule has 2 unspecified atom stereocenters. The fourth-order valence-electron chi connectivity index (χ4n) is 9.72. The fourth-order valence-corrected chi connectivity index (χ4v) is 9.72. The van der Waals surface area contributed by atoms with Crippen molar-refractivity contribution in [3.8, 4) is 0 Å². The zero-order valence-electron chi connectivity index (χ0n) is 16.9. The average Bonchev–Trinajstić information content (AvgIpc) is 3.12. The number of hydrogen-bond donors (Lipinski definition) is 1. The Morgan fingerprint density at radius 3 is 2.56 bits per heavy atom. The van der Waals surface area contributed by atoms with Gasteiger partial charge in [-0.05, 0) is 104 Å². The van der Waals surface area contributed by atoms with Gasteiger partial charge in [-0.25, -0.2) is 0 Å². The maximum absolute atomic E-state index is 6.22. The smallest absolute Gasteiger partial charge is 0.0638 e. The highest BCUT2D eigenvalue weighted by Gasteiger charge is 2.77. The third kappa shape index (κ3) is 1.85. The van der Waals surface area contributed by atoms with Crippen LogP contribution >= 0.6 is 0 Å². The van der Waals surface area contributed by atoms with Crippen molar-refractivity contribution < 1.29 is 4.74 Å². The molecule has 0 aromatic heterocycles. The van der Waals surface area contributed by atoms with Gasteiger partial charge in [-0.1, -0.05) is 20.8 Å². The normalized spacial score (nSPS) is 60.4. The Kier molecular flexibility index (Phi) is 3.58. The number of nitrogens with two attached hydrogens (primary N) is 1. The first-order chi connectivity index (χ1) is 11.9. The van der Waals surface area contributed by atoms with Crippen LogP contribution in [0.5, 0.6) is 0 Å². The maximum atomic E-state index is 6.22. The summed E-state index contributed by atoms with van der Waals surface area (Å²) in [7, 11) is 2.00. The van der Waals surface area contributed by atoms with Gasteiger partial charge in [-0.2, -0.15) is 0 Å². The molecule has 10 atom stereocenters. The van der Waals surface area contributed by atoms with Gasteiger partial charge in [0, 0.05) is 12.5 Å². The molecule has 0 aromatic carbocycles. The van der Waals surface area contributed by atoms with E-state index in [4.69, 9.17) is 10.5 Å². The van der Waals surface area contributed by atoms with Crippen LogP contribution in [0.2, 0.25) is 0 Å². The molecule has 5 fully saturated rings. The molecule has 0 aromatic rings. The maximum Gasteiger partial charge on any atom is 0.0638 e. The van der Waals surface area contributed by atoms with Crippen LogP contribution in [-0.4, -0.2) is 19.8 Å². The predicted molar refractivity (Wildman–Crippen MR) is 102 cm³/mol. The highest BCUT2D eigenvalue weighted by atomic mass is 16.5. The minimum atomic E-state index is 0.541. The molecule has 25 heavy (non-hydrogen) atoms. The van der Waals surface area contributed by atoms with Gasteiger partial charge >= 0.3 is 0 Å². The van der Waals surface area contributed by atoms with Crippen LogP contribution in [0.1, 0.15) is 72.1 Å². The minimum Gasteiger partial charge on any atom is -0.381 e. The molecule has 0 radical (unpaired) electrons. The van der Waals surface area contributed by atoms with E-state index < -0.39 is 0 Å². The van der Waals surface area contributed by atoms with E-state index in [9.17, 15) is 0 Å². The number of fused-ring (bicyclic) bond motifs is 4. The lowest BCUT2D eigenvalue weighted by Gasteiger charge is -2.61. The van der Waals surface area contributed by atoms with Crippen LogP contribution in [0.4, 0.5) is 0 Å². The van der Waals surface area contributed by atoms with Crippen LogP contribution < -0.4 is 5.73 Å². The van der Waals surface area contributed by atoms with Crippen LogP contribution in [0.25, 0.3) is 0 Å². The number of methoxy groups -OCH3 is 1. The molecule has 5 saturated carbocycles. The highest BCUT2D eigenvalue weighted by Crippen LogP contribution is 2.82. The van der Waals surface area contributed by atoms with Crippen LogP contribution in [0, 0.1) is 51.8 Å². The van der Waals surface area contributed by atoms with E-state index in [1.165, 1.54) is 51.4 Å². The van der Waals surface area contributed by atoms with Gasteiger partial charge in [-0.3, -0.25) is 0 Å². The predicted octanol–water partition coefficient (Wildman–Crippen LogP) is 4.87. The molecule has 142 valence electrons. The molecule has 0 aliphatic heterocycles. The molecule has 0 heterocycles. The summed E-state index contributed by atoms with van der Waals surface area (Å²) in [5.74, 6) is 5.34. The number of hydrogen-bond acceptors (Lipinski definition) is 2. The summed E-state index contributed by atoms with van der Waals surface area (Å²) in [4.78, 5) is 0. The second kappa shape index (κ2) is 5.25. The molecule has 0 amide bonds. The largest absolute Gasteiger partial charge is 0.381 e. The van der Waals surface area contributed by atoms with Crippen LogP contribution in [0.3, 0.4) is 0 Å². The van der Waals surface area contributed by atoms with Crippen molar-refractivity contribution in [2.45, 2.75) is 78.2 Å². The van der Waals surface area contributed by atoms with E-state index in [0.29, 0.717) is 28.3 Å². The van der Waals surface area contributed by atoms with E-state index in [2.05, 4.69) is 20.8 Å². The number of ether oxygens (including phenoxy) is 1. The Morgan fingerprint density at radius 2 is 1.88 bits per heavy atom. The second-order valence-corrected chi connectivity index (χ2v) is 11.2. The molecule has 2 N–H and O–H groups in total. The zero-order valence-corrected chi connectivity index (χ0v) is 16.9. The number of rotatable bonds is 3. The lowest BCUT2D eigenvalue weighted by Crippen LogP contribution is -2.57. The van der Waals surface area contributed by atoms with Crippen molar-refractivity contribution in [1.82, 2.24) is 0 Å². The Bertz CT molecular complexity index is 562. The molecule has 2 nitrogen and oxygen atoms in total. The summed E-state index contributed by atoms with van der Waals surface area (Å²) in [6, 6.07) is 0. The van der Waals surface area contributed by atoms with Gasteiger partial charge in [0.2, 0.25) is 0 Å². The van der Waals surface area contributed by atoms with Crippen molar-refractivity contribution in [3.63, 3.8) is 0 Å². The van der Waals surface area contributed by atoms with E-state index in [1.54, 1.807) is 0 Å². The van der Waals surface area contributed by atoms with Gasteiger partial charge in [0.25, 0.3) is 0 Å². The molecular weight excluding hydrogens is 306 g/mol. The molecule has 5 rings (SSSR count). The van der Waals surface area contributed by atoms with Gasteiger partial charge in [0.1, 0.15) is 0 Å². The van der Waals surface area contributed by atoms with Gasteiger partial charge in [0.05, 0.1) is 6.10 Å². The standard InChI is InChI=1S/C23H39NO/c1-14(13-24)17-5-6-18-16-11-20(25-4)23-12-15(23)7-10-22(23,3)19(16)8-9-21(17,18)2/h14-20H,5-13,24H2,1-4H3/t14-,15-,16+,17-,18+,19+,20?,21-,22-,23?/m1/s1. The lowest BCUT2D eigenvalue weighted by molar-refractivity contribution is -0.160. The monoisotopic (exact) mass is 345 g/mol. The van der Waals surface area contributed by atoms with Crippen molar-refractivity contribution in [2.24, 2.45) is 57.5 Å². The van der Waals surface area contributed by atoms with E-state index in [0.717, 1.165) is 36.1 Å². The lowest BCUT2D eigenvalue weighted by atomic mass is 9.45.